The molecule has 2 aromatic heterocycles. The smallest absolute Gasteiger partial charge is 0.347 e. The lowest BCUT2D eigenvalue weighted by atomic mass is 10.2. The Morgan fingerprint density at radius 2 is 2.20 bits per heavy atom. The van der Waals surface area contributed by atoms with Gasteiger partial charge in [0.25, 0.3) is 0 Å². The quantitative estimate of drug-likeness (QED) is 0.777. The van der Waals surface area contributed by atoms with Crippen LogP contribution in [0.2, 0.25) is 0 Å². The van der Waals surface area contributed by atoms with Crippen LogP contribution in [0.3, 0.4) is 0 Å². The minimum Gasteiger partial charge on any atom is -0.469 e. The van der Waals surface area contributed by atoms with Crippen molar-refractivity contribution in [2.45, 2.75) is 18.9 Å². The highest BCUT2D eigenvalue weighted by molar-refractivity contribution is 5.95. The highest BCUT2D eigenvalue weighted by Crippen LogP contribution is 2.48. The van der Waals surface area contributed by atoms with E-state index in [1.807, 2.05) is 36.4 Å². The van der Waals surface area contributed by atoms with Crippen molar-refractivity contribution < 1.29 is 9.21 Å². The van der Waals surface area contributed by atoms with E-state index in [9.17, 15) is 9.59 Å². The van der Waals surface area contributed by atoms with Gasteiger partial charge in [0.15, 0.2) is 0 Å². The normalized spacial score (nSPS) is 18.7. The van der Waals surface area contributed by atoms with Gasteiger partial charge >= 0.3 is 5.69 Å². The second kappa shape index (κ2) is 6.39. The average Bonchev–Trinajstić information content (AvgIpc) is 3.23. The Labute approximate surface area is 144 Å². The monoisotopic (exact) mass is 335 g/mol. The maximum Gasteiger partial charge on any atom is 0.347 e. The molecule has 6 nitrogen and oxygen atoms in total. The highest BCUT2D eigenvalue weighted by Gasteiger charge is 2.45. The maximum atomic E-state index is 12.4. The van der Waals surface area contributed by atoms with Gasteiger partial charge in [-0.25, -0.2) is 9.78 Å². The largest absolute Gasteiger partial charge is 0.469 e. The number of furan rings is 1. The first-order valence-corrected chi connectivity index (χ1v) is 8.15. The lowest BCUT2D eigenvalue weighted by molar-refractivity contribution is -0.117. The Morgan fingerprint density at radius 1 is 1.28 bits per heavy atom. The van der Waals surface area contributed by atoms with Crippen molar-refractivity contribution in [3.63, 3.8) is 0 Å². The van der Waals surface area contributed by atoms with Gasteiger partial charge in [0.05, 0.1) is 12.8 Å². The Bertz CT molecular complexity index is 946. The fourth-order valence-electron chi connectivity index (χ4n) is 2.99. The Hall–Kier alpha value is -3.15. The number of aromatic nitrogens is 2. The number of carbonyl (C=O) groups excluding carboxylic acids is 1. The number of anilines is 1. The van der Waals surface area contributed by atoms with Gasteiger partial charge in [0, 0.05) is 29.9 Å². The lowest BCUT2D eigenvalue weighted by Crippen LogP contribution is -2.22. The highest BCUT2D eigenvalue weighted by atomic mass is 16.3. The van der Waals surface area contributed by atoms with E-state index in [0.29, 0.717) is 6.54 Å². The molecule has 1 N–H and O–H groups in total. The molecule has 1 fully saturated rings. The van der Waals surface area contributed by atoms with Gasteiger partial charge in [-0.05, 0) is 42.3 Å². The number of nitrogens with zero attached hydrogens (tertiary/aromatic N) is 2. The van der Waals surface area contributed by atoms with Crippen LogP contribution >= 0.6 is 0 Å². The molecule has 1 aliphatic rings. The Morgan fingerprint density at radius 3 is 3.00 bits per heavy atom. The van der Waals surface area contributed by atoms with Crippen LogP contribution < -0.4 is 11.0 Å². The number of amides is 1. The summed E-state index contributed by atoms with van der Waals surface area (Å²) < 4.78 is 6.89. The predicted octanol–water partition coefficient (Wildman–Crippen LogP) is 2.63. The molecule has 1 aromatic carbocycles. The molecule has 2 atom stereocenters. The summed E-state index contributed by atoms with van der Waals surface area (Å²) in [4.78, 5) is 27.8. The van der Waals surface area contributed by atoms with Gasteiger partial charge in [0.2, 0.25) is 5.91 Å². The molecule has 0 spiro atoms. The molecule has 1 amide bonds. The number of hydrogen-bond donors (Lipinski definition) is 1. The Balaban J connectivity index is 1.43. The van der Waals surface area contributed by atoms with E-state index in [1.165, 1.54) is 10.8 Å². The second-order valence-corrected chi connectivity index (χ2v) is 6.18. The van der Waals surface area contributed by atoms with Crippen LogP contribution in [-0.2, 0) is 11.3 Å². The Kier molecular flexibility index (Phi) is 3.93. The van der Waals surface area contributed by atoms with Crippen molar-refractivity contribution >= 4 is 11.6 Å². The molecule has 0 aliphatic heterocycles. The average molecular weight is 335 g/mol. The third-order valence-corrected chi connectivity index (χ3v) is 4.37. The maximum absolute atomic E-state index is 12.4. The first-order chi connectivity index (χ1) is 12.2. The van der Waals surface area contributed by atoms with Crippen molar-refractivity contribution in [2.24, 2.45) is 5.92 Å². The molecule has 2 unspecified atom stereocenters. The molecule has 2 heterocycles. The van der Waals surface area contributed by atoms with E-state index in [4.69, 9.17) is 4.42 Å². The molecular weight excluding hydrogens is 318 g/mol. The number of nitrogens with one attached hydrogen (secondary N) is 1. The van der Waals surface area contributed by atoms with E-state index in [1.54, 1.807) is 18.5 Å². The molecule has 126 valence electrons. The van der Waals surface area contributed by atoms with Crippen molar-refractivity contribution in [1.29, 1.82) is 0 Å². The summed E-state index contributed by atoms with van der Waals surface area (Å²) in [6, 6.07) is 13.0. The molecule has 0 bridgehead atoms. The molecule has 1 saturated carbocycles. The van der Waals surface area contributed by atoms with E-state index in [2.05, 4.69) is 10.3 Å². The zero-order valence-corrected chi connectivity index (χ0v) is 13.5. The van der Waals surface area contributed by atoms with Crippen molar-refractivity contribution in [2.75, 3.05) is 5.32 Å². The lowest BCUT2D eigenvalue weighted by Gasteiger charge is -2.08. The fraction of sp³-hybridized carbons (Fsp3) is 0.211. The van der Waals surface area contributed by atoms with Gasteiger partial charge in [-0.15, -0.1) is 0 Å². The molecule has 0 saturated heterocycles. The van der Waals surface area contributed by atoms with Gasteiger partial charge in [0.1, 0.15) is 5.76 Å². The molecule has 25 heavy (non-hydrogen) atoms. The van der Waals surface area contributed by atoms with E-state index in [-0.39, 0.29) is 23.4 Å². The van der Waals surface area contributed by atoms with Gasteiger partial charge in [-0.3, -0.25) is 9.36 Å². The summed E-state index contributed by atoms with van der Waals surface area (Å²) in [7, 11) is 0. The van der Waals surface area contributed by atoms with Crippen LogP contribution in [0.4, 0.5) is 5.69 Å². The van der Waals surface area contributed by atoms with E-state index < -0.39 is 0 Å². The SMILES string of the molecule is O=C(Nc1cccc(Cn2cccnc2=O)c1)C1CC1c1ccco1. The number of benzene rings is 1. The molecule has 1 aliphatic carbocycles. The number of hydrogen-bond acceptors (Lipinski definition) is 4. The molecular formula is C19H17N3O3. The van der Waals surface area contributed by atoms with Gasteiger partial charge in [-0.1, -0.05) is 12.1 Å². The van der Waals surface area contributed by atoms with Crippen LogP contribution in [-0.4, -0.2) is 15.5 Å². The van der Waals surface area contributed by atoms with Crippen molar-refractivity contribution in [1.82, 2.24) is 9.55 Å². The van der Waals surface area contributed by atoms with Crippen LogP contribution in [0.15, 0.2) is 70.3 Å². The topological polar surface area (TPSA) is 77.1 Å². The second-order valence-electron chi connectivity index (χ2n) is 6.18. The minimum absolute atomic E-state index is 0.00269. The molecule has 4 rings (SSSR count). The minimum atomic E-state index is -0.295. The van der Waals surface area contributed by atoms with E-state index in [0.717, 1.165) is 23.4 Å². The zero-order valence-electron chi connectivity index (χ0n) is 13.5. The first kappa shape index (κ1) is 15.4. The number of rotatable bonds is 5. The summed E-state index contributed by atoms with van der Waals surface area (Å²) in [6.45, 7) is 0.412. The van der Waals surface area contributed by atoms with Crippen LogP contribution in [0.5, 0.6) is 0 Å². The summed E-state index contributed by atoms with van der Waals surface area (Å²) in [6.07, 6.45) is 5.61. The summed E-state index contributed by atoms with van der Waals surface area (Å²) in [5, 5.41) is 2.95. The molecule has 0 radical (unpaired) electrons. The summed E-state index contributed by atoms with van der Waals surface area (Å²) in [5.74, 6) is 0.991. The summed E-state index contributed by atoms with van der Waals surface area (Å²) in [5.41, 5.74) is 1.35. The summed E-state index contributed by atoms with van der Waals surface area (Å²) >= 11 is 0. The zero-order chi connectivity index (χ0) is 17.2. The third kappa shape index (κ3) is 3.38. The van der Waals surface area contributed by atoms with Gasteiger partial charge < -0.3 is 9.73 Å². The van der Waals surface area contributed by atoms with E-state index >= 15 is 0 Å². The predicted molar refractivity (Wildman–Crippen MR) is 92.2 cm³/mol. The van der Waals surface area contributed by atoms with Crippen LogP contribution in [0.25, 0.3) is 0 Å². The molecule has 6 heteroatoms. The fourth-order valence-corrected chi connectivity index (χ4v) is 2.99. The number of carbonyl (C=O) groups is 1. The molecule has 3 aromatic rings. The van der Waals surface area contributed by atoms with Crippen molar-refractivity contribution in [3.8, 4) is 0 Å². The van der Waals surface area contributed by atoms with Crippen LogP contribution in [0, 0.1) is 5.92 Å². The van der Waals surface area contributed by atoms with Gasteiger partial charge in [-0.2, -0.15) is 0 Å². The standard InChI is InChI=1S/C19H17N3O3/c23-18(16-11-15(16)17-6-2-9-25-17)21-14-5-1-4-13(10-14)12-22-8-3-7-20-19(22)24/h1-10,15-16H,11-12H2,(H,21,23). The van der Waals surface area contributed by atoms with Crippen molar-refractivity contribution in [3.05, 3.63) is 82.9 Å². The third-order valence-electron chi connectivity index (χ3n) is 4.37. The first-order valence-electron chi connectivity index (χ1n) is 8.15. The van der Waals surface area contributed by atoms with Crippen LogP contribution in [0.1, 0.15) is 23.7 Å².